The highest BCUT2D eigenvalue weighted by atomic mass is 16.1. The molecule has 0 radical (unpaired) electrons. The first-order valence-corrected chi connectivity index (χ1v) is 5.57. The van der Waals surface area contributed by atoms with E-state index in [-0.39, 0.29) is 5.41 Å². The number of aryl methyl sites for hydroxylation is 3. The molecule has 0 unspecified atom stereocenters. The second-order valence-electron chi connectivity index (χ2n) is 5.16. The van der Waals surface area contributed by atoms with Crippen LogP contribution in [0.15, 0.2) is 12.1 Å². The van der Waals surface area contributed by atoms with Crippen LogP contribution in [0.5, 0.6) is 0 Å². The molecule has 1 aliphatic rings. The molecule has 0 bridgehead atoms. The quantitative estimate of drug-likeness (QED) is 0.670. The van der Waals surface area contributed by atoms with E-state index in [9.17, 15) is 4.79 Å². The molecule has 1 aromatic rings. The fourth-order valence-corrected chi connectivity index (χ4v) is 2.25. The highest BCUT2D eigenvalue weighted by Gasteiger charge is 2.45. The van der Waals surface area contributed by atoms with Crippen molar-refractivity contribution in [3.05, 3.63) is 34.4 Å². The Kier molecular flexibility index (Phi) is 2.22. The Morgan fingerprint density at radius 1 is 1.13 bits per heavy atom. The molecule has 1 aliphatic carbocycles. The van der Waals surface area contributed by atoms with Gasteiger partial charge in [-0.15, -0.1) is 0 Å². The van der Waals surface area contributed by atoms with Crippen LogP contribution in [0.2, 0.25) is 0 Å². The lowest BCUT2D eigenvalue weighted by Crippen LogP contribution is -2.15. The zero-order chi connectivity index (χ0) is 11.2. The van der Waals surface area contributed by atoms with Crippen LogP contribution < -0.4 is 0 Å². The molecule has 1 saturated carbocycles. The molecule has 1 fully saturated rings. The van der Waals surface area contributed by atoms with Gasteiger partial charge in [-0.3, -0.25) is 4.79 Å². The highest BCUT2D eigenvalue weighted by Crippen LogP contribution is 2.48. The zero-order valence-electron chi connectivity index (χ0n) is 9.98. The molecule has 0 heterocycles. The Morgan fingerprint density at radius 3 is 2.00 bits per heavy atom. The number of benzene rings is 1. The van der Waals surface area contributed by atoms with Crippen molar-refractivity contribution in [3.8, 4) is 0 Å². The summed E-state index contributed by atoms with van der Waals surface area (Å²) in [6, 6.07) is 4.21. The van der Waals surface area contributed by atoms with E-state index in [4.69, 9.17) is 0 Å². The highest BCUT2D eigenvalue weighted by molar-refractivity contribution is 6.04. The van der Waals surface area contributed by atoms with Gasteiger partial charge in [-0.1, -0.05) is 24.6 Å². The second kappa shape index (κ2) is 3.19. The van der Waals surface area contributed by atoms with Crippen molar-refractivity contribution in [1.29, 1.82) is 0 Å². The molecule has 0 spiro atoms. The monoisotopic (exact) mass is 202 g/mol. The number of carbonyl (C=O) groups is 1. The minimum Gasteiger partial charge on any atom is -0.294 e. The molecule has 0 N–H and O–H groups in total. The third-order valence-electron chi connectivity index (χ3n) is 3.45. The number of rotatable bonds is 2. The van der Waals surface area contributed by atoms with Crippen LogP contribution in [-0.4, -0.2) is 5.78 Å². The third-order valence-corrected chi connectivity index (χ3v) is 3.45. The Bertz CT molecular complexity index is 402. The predicted octanol–water partition coefficient (Wildman–Crippen LogP) is 3.59. The molecule has 80 valence electrons. The van der Waals surface area contributed by atoms with Crippen LogP contribution in [0.1, 0.15) is 46.8 Å². The summed E-state index contributed by atoms with van der Waals surface area (Å²) in [5.74, 6) is 0.345. The molecular formula is C14H18O. The summed E-state index contributed by atoms with van der Waals surface area (Å²) in [6.45, 7) is 8.24. The zero-order valence-corrected chi connectivity index (χ0v) is 9.98. The van der Waals surface area contributed by atoms with Gasteiger partial charge in [-0.05, 0) is 44.7 Å². The van der Waals surface area contributed by atoms with Gasteiger partial charge < -0.3 is 0 Å². The smallest absolute Gasteiger partial charge is 0.169 e. The number of carbonyl (C=O) groups excluding carboxylic acids is 1. The van der Waals surface area contributed by atoms with Crippen LogP contribution in [0.3, 0.4) is 0 Å². The Balaban J connectivity index is 2.48. The van der Waals surface area contributed by atoms with Gasteiger partial charge in [0.25, 0.3) is 0 Å². The summed E-state index contributed by atoms with van der Waals surface area (Å²) in [4.78, 5) is 12.3. The largest absolute Gasteiger partial charge is 0.294 e. The van der Waals surface area contributed by atoms with Crippen molar-refractivity contribution in [2.45, 2.75) is 40.5 Å². The topological polar surface area (TPSA) is 17.1 Å². The maximum absolute atomic E-state index is 12.3. The molecule has 0 atom stereocenters. The van der Waals surface area contributed by atoms with Gasteiger partial charge in [0.1, 0.15) is 0 Å². The first kappa shape index (κ1) is 10.4. The molecule has 0 saturated heterocycles. The first-order chi connectivity index (χ1) is 6.94. The average Bonchev–Trinajstić information content (AvgIpc) is 2.82. The maximum atomic E-state index is 12.3. The predicted molar refractivity (Wildman–Crippen MR) is 62.3 cm³/mol. The fourth-order valence-electron chi connectivity index (χ4n) is 2.25. The van der Waals surface area contributed by atoms with Gasteiger partial charge in [0.05, 0.1) is 0 Å². The van der Waals surface area contributed by atoms with Crippen LogP contribution >= 0.6 is 0 Å². The van der Waals surface area contributed by atoms with Crippen LogP contribution in [0, 0.1) is 26.2 Å². The van der Waals surface area contributed by atoms with Crippen LogP contribution in [0.4, 0.5) is 0 Å². The standard InChI is InChI=1S/C14H18O/c1-9-7-10(2)12(11(3)8-9)13(15)14(4)5-6-14/h7-8H,5-6H2,1-4H3. The Labute approximate surface area is 91.5 Å². The molecule has 15 heavy (non-hydrogen) atoms. The van der Waals surface area contributed by atoms with Crippen LogP contribution in [0.25, 0.3) is 0 Å². The van der Waals surface area contributed by atoms with E-state index in [1.807, 2.05) is 13.8 Å². The SMILES string of the molecule is Cc1cc(C)c(C(=O)C2(C)CC2)c(C)c1. The van der Waals surface area contributed by atoms with Crippen molar-refractivity contribution < 1.29 is 4.79 Å². The van der Waals surface area contributed by atoms with Gasteiger partial charge in [-0.25, -0.2) is 0 Å². The van der Waals surface area contributed by atoms with Gasteiger partial charge in [0.2, 0.25) is 0 Å². The van der Waals surface area contributed by atoms with Crippen molar-refractivity contribution in [1.82, 2.24) is 0 Å². The minimum atomic E-state index is -0.0508. The van der Waals surface area contributed by atoms with Gasteiger partial charge in [-0.2, -0.15) is 0 Å². The molecule has 1 aromatic carbocycles. The average molecular weight is 202 g/mol. The van der Waals surface area contributed by atoms with Gasteiger partial charge in [0.15, 0.2) is 5.78 Å². The summed E-state index contributed by atoms with van der Waals surface area (Å²) in [5.41, 5.74) is 4.41. The minimum absolute atomic E-state index is 0.0508. The second-order valence-corrected chi connectivity index (χ2v) is 5.16. The Hall–Kier alpha value is -1.11. The molecule has 1 nitrogen and oxygen atoms in total. The van der Waals surface area contributed by atoms with E-state index >= 15 is 0 Å². The lowest BCUT2D eigenvalue weighted by molar-refractivity contribution is 0.0911. The number of ketones is 1. The lowest BCUT2D eigenvalue weighted by atomic mass is 9.89. The summed E-state index contributed by atoms with van der Waals surface area (Å²) in [7, 11) is 0. The van der Waals surface area contributed by atoms with Crippen LogP contribution in [-0.2, 0) is 0 Å². The number of Topliss-reactive ketones (excluding diaryl/α,β-unsaturated/α-hetero) is 1. The van der Waals surface area contributed by atoms with E-state index in [0.29, 0.717) is 5.78 Å². The lowest BCUT2D eigenvalue weighted by Gasteiger charge is -2.13. The molecule has 0 amide bonds. The number of hydrogen-bond donors (Lipinski definition) is 0. The fraction of sp³-hybridized carbons (Fsp3) is 0.500. The molecule has 0 aliphatic heterocycles. The summed E-state index contributed by atoms with van der Waals surface area (Å²) < 4.78 is 0. The van der Waals surface area contributed by atoms with E-state index in [0.717, 1.165) is 29.5 Å². The van der Waals surface area contributed by atoms with E-state index in [1.165, 1.54) is 5.56 Å². The van der Waals surface area contributed by atoms with Crippen molar-refractivity contribution >= 4 is 5.78 Å². The maximum Gasteiger partial charge on any atom is 0.169 e. The third kappa shape index (κ3) is 1.71. The van der Waals surface area contributed by atoms with E-state index in [2.05, 4.69) is 26.0 Å². The summed E-state index contributed by atoms with van der Waals surface area (Å²) >= 11 is 0. The molecule has 2 rings (SSSR count). The van der Waals surface area contributed by atoms with Gasteiger partial charge in [0, 0.05) is 11.0 Å². The van der Waals surface area contributed by atoms with Crippen molar-refractivity contribution in [2.75, 3.05) is 0 Å². The molecule has 1 heteroatoms. The normalized spacial score (nSPS) is 17.6. The molecular weight excluding hydrogens is 184 g/mol. The Morgan fingerprint density at radius 2 is 1.60 bits per heavy atom. The first-order valence-electron chi connectivity index (χ1n) is 5.57. The van der Waals surface area contributed by atoms with E-state index in [1.54, 1.807) is 0 Å². The summed E-state index contributed by atoms with van der Waals surface area (Å²) in [6.07, 6.45) is 2.11. The van der Waals surface area contributed by atoms with Crippen molar-refractivity contribution in [3.63, 3.8) is 0 Å². The van der Waals surface area contributed by atoms with Gasteiger partial charge >= 0.3 is 0 Å². The summed E-state index contributed by atoms with van der Waals surface area (Å²) in [5, 5.41) is 0. The molecule has 0 aromatic heterocycles. The van der Waals surface area contributed by atoms with Crippen molar-refractivity contribution in [2.24, 2.45) is 5.41 Å². The number of hydrogen-bond acceptors (Lipinski definition) is 1. The van der Waals surface area contributed by atoms with E-state index < -0.39 is 0 Å².